The van der Waals surface area contributed by atoms with E-state index in [4.69, 9.17) is 5.73 Å². The van der Waals surface area contributed by atoms with E-state index in [-0.39, 0.29) is 5.82 Å². The van der Waals surface area contributed by atoms with Crippen molar-refractivity contribution in [1.29, 1.82) is 0 Å². The highest BCUT2D eigenvalue weighted by Gasteiger charge is 2.04. The molecule has 5 heteroatoms. The molecule has 0 amide bonds. The highest BCUT2D eigenvalue weighted by atomic mass is 79.9. The molecule has 1 aromatic heterocycles. The van der Waals surface area contributed by atoms with Crippen LogP contribution in [-0.2, 0) is 0 Å². The molecular weight excluding hydrogens is 249 g/mol. The number of benzene rings is 1. The highest BCUT2D eigenvalue weighted by molar-refractivity contribution is 9.10. The third-order valence-electron chi connectivity index (χ3n) is 1.79. The number of hydrogen-bond donors (Lipinski definition) is 1. The Hall–Kier alpha value is -1.36. The molecule has 2 N–H and O–H groups in total. The van der Waals surface area contributed by atoms with Gasteiger partial charge in [0, 0.05) is 12.3 Å². The molecule has 0 aliphatic rings. The van der Waals surface area contributed by atoms with Gasteiger partial charge in [-0.3, -0.25) is 0 Å². The molecule has 0 bridgehead atoms. The number of nitrogen functional groups attached to an aromatic ring is 1. The number of rotatable bonds is 1. The smallest absolute Gasteiger partial charge is 0.125 e. The van der Waals surface area contributed by atoms with E-state index in [9.17, 15) is 4.39 Å². The second kappa shape index (κ2) is 3.42. The molecule has 1 aromatic carbocycles. The monoisotopic (exact) mass is 255 g/mol. The van der Waals surface area contributed by atoms with Crippen LogP contribution in [0.1, 0.15) is 0 Å². The van der Waals surface area contributed by atoms with Crippen LogP contribution < -0.4 is 5.73 Å². The minimum Gasteiger partial charge on any atom is -0.397 e. The van der Waals surface area contributed by atoms with Gasteiger partial charge < -0.3 is 5.73 Å². The minimum absolute atomic E-state index is 0.333. The first-order valence-corrected chi connectivity index (χ1v) is 4.72. The molecule has 2 aromatic rings. The van der Waals surface area contributed by atoms with Gasteiger partial charge in [0.05, 0.1) is 22.0 Å². The number of hydrogen-bond acceptors (Lipinski definition) is 2. The van der Waals surface area contributed by atoms with Crippen LogP contribution in [0, 0.1) is 5.82 Å². The molecule has 1 heterocycles. The lowest BCUT2D eigenvalue weighted by molar-refractivity contribution is 0.625. The van der Waals surface area contributed by atoms with E-state index in [0.29, 0.717) is 11.4 Å². The molecule has 0 saturated heterocycles. The van der Waals surface area contributed by atoms with Crippen LogP contribution in [0.25, 0.3) is 5.69 Å². The van der Waals surface area contributed by atoms with Crippen LogP contribution >= 0.6 is 15.9 Å². The maximum Gasteiger partial charge on any atom is 0.125 e. The average molecular weight is 256 g/mol. The number of anilines is 1. The first kappa shape index (κ1) is 9.21. The van der Waals surface area contributed by atoms with E-state index in [1.54, 1.807) is 12.4 Å². The summed E-state index contributed by atoms with van der Waals surface area (Å²) < 4.78 is 15.3. The lowest BCUT2D eigenvalue weighted by atomic mass is 10.2. The summed E-state index contributed by atoms with van der Waals surface area (Å²) in [6.07, 6.45) is 3.33. The topological polar surface area (TPSA) is 43.8 Å². The zero-order chi connectivity index (χ0) is 10.1. The Morgan fingerprint density at radius 1 is 1.43 bits per heavy atom. The fraction of sp³-hybridized carbons (Fsp3) is 0. The minimum atomic E-state index is -0.333. The molecule has 14 heavy (non-hydrogen) atoms. The van der Waals surface area contributed by atoms with Gasteiger partial charge in [-0.05, 0) is 28.1 Å². The summed E-state index contributed by atoms with van der Waals surface area (Å²) in [7, 11) is 0. The van der Waals surface area contributed by atoms with Crippen molar-refractivity contribution in [3.8, 4) is 5.69 Å². The molecule has 72 valence electrons. The summed E-state index contributed by atoms with van der Waals surface area (Å²) in [5.74, 6) is -0.333. The molecular formula is C9H7BrFN3. The fourth-order valence-corrected chi connectivity index (χ4v) is 1.43. The number of halogens is 2. The van der Waals surface area contributed by atoms with Gasteiger partial charge in [0.25, 0.3) is 0 Å². The zero-order valence-electron chi connectivity index (χ0n) is 7.11. The summed E-state index contributed by atoms with van der Waals surface area (Å²) in [4.78, 5) is 0. The fourth-order valence-electron chi connectivity index (χ4n) is 1.15. The maximum absolute atomic E-state index is 12.9. The molecule has 0 spiro atoms. The van der Waals surface area contributed by atoms with Crippen LogP contribution in [0.5, 0.6) is 0 Å². The van der Waals surface area contributed by atoms with Gasteiger partial charge in [-0.25, -0.2) is 9.07 Å². The SMILES string of the molecule is Nc1ccc(F)cc1-n1cc(Br)cn1. The predicted molar refractivity (Wildman–Crippen MR) is 55.6 cm³/mol. The van der Waals surface area contributed by atoms with E-state index in [2.05, 4.69) is 21.0 Å². The van der Waals surface area contributed by atoms with Gasteiger partial charge in [-0.15, -0.1) is 0 Å². The van der Waals surface area contributed by atoms with E-state index in [1.807, 2.05) is 0 Å². The molecule has 0 aliphatic carbocycles. The van der Waals surface area contributed by atoms with Crippen LogP contribution in [0.3, 0.4) is 0 Å². The lowest BCUT2D eigenvalue weighted by Gasteiger charge is -2.04. The first-order chi connectivity index (χ1) is 6.66. The van der Waals surface area contributed by atoms with E-state index < -0.39 is 0 Å². The van der Waals surface area contributed by atoms with Crippen molar-refractivity contribution in [3.63, 3.8) is 0 Å². The van der Waals surface area contributed by atoms with E-state index in [0.717, 1.165) is 4.47 Å². The molecule has 0 radical (unpaired) electrons. The summed E-state index contributed by atoms with van der Waals surface area (Å²) in [5.41, 5.74) is 6.71. The highest BCUT2D eigenvalue weighted by Crippen LogP contribution is 2.19. The largest absolute Gasteiger partial charge is 0.397 e. The molecule has 0 aliphatic heterocycles. The molecule has 0 fully saturated rings. The Balaban J connectivity index is 2.55. The molecule has 0 saturated carbocycles. The van der Waals surface area contributed by atoms with Crippen molar-refractivity contribution in [2.75, 3.05) is 5.73 Å². The average Bonchev–Trinajstić information content (AvgIpc) is 2.56. The van der Waals surface area contributed by atoms with Crippen LogP contribution in [0.15, 0.2) is 35.1 Å². The number of nitrogens with two attached hydrogens (primary N) is 1. The summed E-state index contributed by atoms with van der Waals surface area (Å²) in [6.45, 7) is 0. The van der Waals surface area contributed by atoms with Crippen molar-refractivity contribution >= 4 is 21.6 Å². The standard InChI is InChI=1S/C9H7BrFN3/c10-6-4-13-14(5-6)9-3-7(11)1-2-8(9)12/h1-5H,12H2. The normalized spacial score (nSPS) is 10.4. The second-order valence-electron chi connectivity index (χ2n) is 2.81. The van der Waals surface area contributed by atoms with Gasteiger partial charge in [-0.1, -0.05) is 0 Å². The van der Waals surface area contributed by atoms with E-state index in [1.165, 1.54) is 22.9 Å². The van der Waals surface area contributed by atoms with Crippen molar-refractivity contribution < 1.29 is 4.39 Å². The van der Waals surface area contributed by atoms with Crippen LogP contribution in [0.2, 0.25) is 0 Å². The van der Waals surface area contributed by atoms with Gasteiger partial charge in [-0.2, -0.15) is 5.10 Å². The Bertz CT molecular complexity index is 467. The van der Waals surface area contributed by atoms with Crippen molar-refractivity contribution in [2.24, 2.45) is 0 Å². The van der Waals surface area contributed by atoms with Crippen molar-refractivity contribution in [3.05, 3.63) is 40.9 Å². The lowest BCUT2D eigenvalue weighted by Crippen LogP contribution is -2.00. The van der Waals surface area contributed by atoms with E-state index >= 15 is 0 Å². The second-order valence-corrected chi connectivity index (χ2v) is 3.72. The Labute approximate surface area is 88.5 Å². The predicted octanol–water partition coefficient (Wildman–Crippen LogP) is 2.36. The Kier molecular flexibility index (Phi) is 2.25. The Morgan fingerprint density at radius 2 is 2.21 bits per heavy atom. The van der Waals surface area contributed by atoms with Gasteiger partial charge >= 0.3 is 0 Å². The number of aromatic nitrogens is 2. The zero-order valence-corrected chi connectivity index (χ0v) is 8.70. The van der Waals surface area contributed by atoms with Gasteiger partial charge in [0.2, 0.25) is 0 Å². The van der Waals surface area contributed by atoms with Crippen LogP contribution in [-0.4, -0.2) is 9.78 Å². The summed E-state index contributed by atoms with van der Waals surface area (Å²) in [5, 5.41) is 4.01. The van der Waals surface area contributed by atoms with Gasteiger partial charge in [0.15, 0.2) is 0 Å². The van der Waals surface area contributed by atoms with Crippen molar-refractivity contribution in [1.82, 2.24) is 9.78 Å². The summed E-state index contributed by atoms with van der Waals surface area (Å²) in [6, 6.07) is 4.17. The first-order valence-electron chi connectivity index (χ1n) is 3.92. The van der Waals surface area contributed by atoms with Crippen LogP contribution in [0.4, 0.5) is 10.1 Å². The molecule has 0 unspecified atom stereocenters. The maximum atomic E-state index is 12.9. The molecule has 3 nitrogen and oxygen atoms in total. The third kappa shape index (κ3) is 1.63. The summed E-state index contributed by atoms with van der Waals surface area (Å²) >= 11 is 3.25. The quantitative estimate of drug-likeness (QED) is 0.796. The Morgan fingerprint density at radius 3 is 2.86 bits per heavy atom. The molecule has 0 atom stereocenters. The molecule has 2 rings (SSSR count). The number of nitrogens with zero attached hydrogens (tertiary/aromatic N) is 2. The van der Waals surface area contributed by atoms with Gasteiger partial charge in [0.1, 0.15) is 5.82 Å². The third-order valence-corrected chi connectivity index (χ3v) is 2.20. The van der Waals surface area contributed by atoms with Crippen molar-refractivity contribution in [2.45, 2.75) is 0 Å².